The molecule has 0 radical (unpaired) electrons. The summed E-state index contributed by atoms with van der Waals surface area (Å²) in [6.07, 6.45) is 0. The van der Waals surface area contributed by atoms with Crippen LogP contribution in [0.15, 0.2) is 35.7 Å². The first-order chi connectivity index (χ1) is 11.7. The number of carboxylic acid groups (broad SMARTS) is 1. The normalized spacial score (nSPS) is 16.5. The van der Waals surface area contributed by atoms with Crippen LogP contribution in [0.5, 0.6) is 5.75 Å². The molecule has 1 aromatic carbocycles. The Morgan fingerprint density at radius 1 is 1.42 bits per heavy atom. The first-order valence-electron chi connectivity index (χ1n) is 7.76. The van der Waals surface area contributed by atoms with Crippen molar-refractivity contribution in [2.45, 2.75) is 12.6 Å². The first kappa shape index (κ1) is 16.8. The molecule has 1 aliphatic heterocycles. The number of anilines is 1. The average Bonchev–Trinajstić information content (AvgIpc) is 3.02. The van der Waals surface area contributed by atoms with E-state index in [-0.39, 0.29) is 10.9 Å². The fraction of sp³-hybridized carbons (Fsp3) is 0.353. The van der Waals surface area contributed by atoms with Crippen molar-refractivity contribution in [1.29, 1.82) is 0 Å². The second-order valence-electron chi connectivity index (χ2n) is 5.53. The molecule has 0 saturated heterocycles. The van der Waals surface area contributed by atoms with E-state index in [9.17, 15) is 9.90 Å². The number of benzene rings is 1. The molecule has 3 rings (SSSR count). The molecule has 24 heavy (non-hydrogen) atoms. The van der Waals surface area contributed by atoms with Crippen LogP contribution in [0.1, 0.15) is 15.2 Å². The van der Waals surface area contributed by atoms with Crippen LogP contribution in [0, 0.1) is 0 Å². The van der Waals surface area contributed by atoms with E-state index in [0.29, 0.717) is 44.3 Å². The Hall–Kier alpha value is -2.09. The molecular weight excluding hydrogens is 328 g/mol. The van der Waals surface area contributed by atoms with Gasteiger partial charge in [-0.15, -0.1) is 11.3 Å². The molecule has 2 heterocycles. The van der Waals surface area contributed by atoms with Crippen molar-refractivity contribution in [2.24, 2.45) is 5.73 Å². The molecule has 0 amide bonds. The lowest BCUT2D eigenvalue weighted by atomic mass is 10.2. The summed E-state index contributed by atoms with van der Waals surface area (Å²) in [5, 5.41) is 11.1. The minimum atomic E-state index is -0.947. The summed E-state index contributed by atoms with van der Waals surface area (Å²) >= 11 is 1.18. The highest BCUT2D eigenvalue weighted by molar-refractivity contribution is 7.13. The number of ether oxygens (including phenoxy) is 2. The van der Waals surface area contributed by atoms with Gasteiger partial charge in [0.05, 0.1) is 19.3 Å². The standard InChI is InChI=1S/C17H20N2O4S/c18-6-7-19-13(9-22-8-12-4-2-1-3-5-12)10-23-14-11-24-16(15(14)19)17(20)21/h1-5,11,13H,6-10,18H2,(H,20,21)/t13-/m0/s1. The van der Waals surface area contributed by atoms with Gasteiger partial charge in [-0.2, -0.15) is 0 Å². The zero-order valence-electron chi connectivity index (χ0n) is 13.2. The van der Waals surface area contributed by atoms with Crippen LogP contribution in [0.3, 0.4) is 0 Å². The number of carboxylic acids is 1. The monoisotopic (exact) mass is 348 g/mol. The molecule has 1 aliphatic rings. The van der Waals surface area contributed by atoms with E-state index in [1.165, 1.54) is 11.3 Å². The van der Waals surface area contributed by atoms with Crippen molar-refractivity contribution < 1.29 is 19.4 Å². The Kier molecular flexibility index (Phi) is 5.34. The molecule has 0 spiro atoms. The third-order valence-corrected chi connectivity index (χ3v) is 4.81. The number of carbonyl (C=O) groups is 1. The van der Waals surface area contributed by atoms with Crippen LogP contribution in [0.4, 0.5) is 5.69 Å². The Morgan fingerprint density at radius 2 is 2.21 bits per heavy atom. The SMILES string of the molecule is NCCN1c2c(csc2C(=O)O)OC[C@@H]1COCc1ccccc1. The maximum atomic E-state index is 11.5. The van der Waals surface area contributed by atoms with Crippen molar-refractivity contribution in [3.8, 4) is 5.75 Å². The summed E-state index contributed by atoms with van der Waals surface area (Å²) in [5.74, 6) is -0.331. The lowest BCUT2D eigenvalue weighted by molar-refractivity contribution is 0.0697. The maximum Gasteiger partial charge on any atom is 0.348 e. The van der Waals surface area contributed by atoms with Gasteiger partial charge in [-0.05, 0) is 5.56 Å². The summed E-state index contributed by atoms with van der Waals surface area (Å²) in [6.45, 7) is 2.41. The Bertz CT molecular complexity index is 689. The van der Waals surface area contributed by atoms with Crippen LogP contribution in [0.25, 0.3) is 0 Å². The molecule has 0 bridgehead atoms. The zero-order chi connectivity index (χ0) is 16.9. The van der Waals surface area contributed by atoms with E-state index < -0.39 is 5.97 Å². The van der Waals surface area contributed by atoms with Crippen LogP contribution < -0.4 is 15.4 Å². The maximum absolute atomic E-state index is 11.5. The molecule has 1 aromatic heterocycles. The molecule has 1 atom stereocenters. The number of aromatic carboxylic acids is 1. The van der Waals surface area contributed by atoms with Crippen molar-refractivity contribution >= 4 is 23.0 Å². The van der Waals surface area contributed by atoms with Crippen LogP contribution in [-0.4, -0.2) is 43.4 Å². The van der Waals surface area contributed by atoms with E-state index in [2.05, 4.69) is 0 Å². The van der Waals surface area contributed by atoms with E-state index in [1.807, 2.05) is 35.2 Å². The van der Waals surface area contributed by atoms with Gasteiger partial charge in [0.25, 0.3) is 0 Å². The van der Waals surface area contributed by atoms with E-state index in [4.69, 9.17) is 15.2 Å². The van der Waals surface area contributed by atoms with Crippen LogP contribution in [0.2, 0.25) is 0 Å². The second kappa shape index (κ2) is 7.65. The highest BCUT2D eigenvalue weighted by atomic mass is 32.1. The molecule has 0 saturated carbocycles. The molecule has 6 nitrogen and oxygen atoms in total. The minimum absolute atomic E-state index is 0.0579. The van der Waals surface area contributed by atoms with Crippen LogP contribution >= 0.6 is 11.3 Å². The molecule has 2 aromatic rings. The lowest BCUT2D eigenvalue weighted by Gasteiger charge is -2.37. The summed E-state index contributed by atoms with van der Waals surface area (Å²) < 4.78 is 11.6. The average molecular weight is 348 g/mol. The molecule has 7 heteroatoms. The van der Waals surface area contributed by atoms with Gasteiger partial charge in [0.2, 0.25) is 0 Å². The van der Waals surface area contributed by atoms with Crippen molar-refractivity contribution in [3.05, 3.63) is 46.2 Å². The quantitative estimate of drug-likeness (QED) is 0.798. The fourth-order valence-corrected chi connectivity index (χ4v) is 3.61. The predicted octanol–water partition coefficient (Wildman–Crippen LogP) is 2.19. The number of hydrogen-bond donors (Lipinski definition) is 2. The summed E-state index contributed by atoms with van der Waals surface area (Å²) in [5.41, 5.74) is 7.45. The van der Waals surface area contributed by atoms with Crippen molar-refractivity contribution in [2.75, 3.05) is 31.2 Å². The number of rotatable bonds is 7. The van der Waals surface area contributed by atoms with E-state index in [0.717, 1.165) is 5.56 Å². The summed E-state index contributed by atoms with van der Waals surface area (Å²) in [4.78, 5) is 13.7. The van der Waals surface area contributed by atoms with Gasteiger partial charge in [0.15, 0.2) is 5.75 Å². The number of nitrogens with zero attached hydrogens (tertiary/aromatic N) is 1. The summed E-state index contributed by atoms with van der Waals surface area (Å²) in [6, 6.07) is 9.87. The highest BCUT2D eigenvalue weighted by Gasteiger charge is 2.33. The van der Waals surface area contributed by atoms with Crippen LogP contribution in [-0.2, 0) is 11.3 Å². The third-order valence-electron chi connectivity index (χ3n) is 3.88. The van der Waals surface area contributed by atoms with Gasteiger partial charge < -0.3 is 25.2 Å². The summed E-state index contributed by atoms with van der Waals surface area (Å²) in [7, 11) is 0. The molecule has 0 fully saturated rings. The predicted molar refractivity (Wildman–Crippen MR) is 93.1 cm³/mol. The van der Waals surface area contributed by atoms with Gasteiger partial charge in [-0.3, -0.25) is 0 Å². The zero-order valence-corrected chi connectivity index (χ0v) is 14.0. The second-order valence-corrected chi connectivity index (χ2v) is 6.41. The van der Waals surface area contributed by atoms with Gasteiger partial charge in [0, 0.05) is 18.5 Å². The van der Waals surface area contributed by atoms with Gasteiger partial charge in [0.1, 0.15) is 17.2 Å². The van der Waals surface area contributed by atoms with Gasteiger partial charge in [-0.1, -0.05) is 30.3 Å². The first-order valence-corrected chi connectivity index (χ1v) is 8.64. The molecular formula is C17H20N2O4S. The van der Waals surface area contributed by atoms with Gasteiger partial charge >= 0.3 is 5.97 Å². The minimum Gasteiger partial charge on any atom is -0.488 e. The molecule has 3 N–H and O–H groups in total. The topological polar surface area (TPSA) is 85.0 Å². The number of thiophene rings is 1. The Balaban J connectivity index is 1.71. The molecule has 0 unspecified atom stereocenters. The molecule has 0 aliphatic carbocycles. The highest BCUT2D eigenvalue weighted by Crippen LogP contribution is 2.41. The number of nitrogens with two attached hydrogens (primary N) is 1. The third kappa shape index (κ3) is 3.53. The van der Waals surface area contributed by atoms with Gasteiger partial charge in [-0.25, -0.2) is 4.79 Å². The Morgan fingerprint density at radius 3 is 2.92 bits per heavy atom. The van der Waals surface area contributed by atoms with E-state index in [1.54, 1.807) is 5.38 Å². The molecule has 128 valence electrons. The fourth-order valence-electron chi connectivity index (χ4n) is 2.78. The smallest absolute Gasteiger partial charge is 0.348 e. The van der Waals surface area contributed by atoms with E-state index >= 15 is 0 Å². The number of hydrogen-bond acceptors (Lipinski definition) is 6. The van der Waals surface area contributed by atoms with Crippen molar-refractivity contribution in [3.63, 3.8) is 0 Å². The largest absolute Gasteiger partial charge is 0.488 e. The Labute approximate surface area is 144 Å². The lowest BCUT2D eigenvalue weighted by Crippen LogP contribution is -2.48. The number of fused-ring (bicyclic) bond motifs is 1. The van der Waals surface area contributed by atoms with Crippen molar-refractivity contribution in [1.82, 2.24) is 0 Å².